The second kappa shape index (κ2) is 13.5. The summed E-state index contributed by atoms with van der Waals surface area (Å²) in [6.45, 7) is 1.06. The lowest BCUT2D eigenvalue weighted by Crippen LogP contribution is -2.36. The first-order valence-electron chi connectivity index (χ1n) is 17.7. The summed E-state index contributed by atoms with van der Waals surface area (Å²) in [7, 11) is -2.49. The molecule has 3 heterocycles. The summed E-state index contributed by atoms with van der Waals surface area (Å²) in [6, 6.07) is 11.2. The van der Waals surface area contributed by atoms with E-state index in [0.717, 1.165) is 6.07 Å². The van der Waals surface area contributed by atoms with E-state index >= 15 is 13.2 Å². The van der Waals surface area contributed by atoms with Gasteiger partial charge in [0.05, 0.1) is 47.1 Å². The number of halogens is 3. The van der Waals surface area contributed by atoms with Gasteiger partial charge in [-0.25, -0.2) is 26.9 Å². The summed E-state index contributed by atoms with van der Waals surface area (Å²) >= 11 is 0. The number of aromatic amines is 1. The molecule has 3 aromatic carbocycles. The van der Waals surface area contributed by atoms with Crippen LogP contribution in [0.15, 0.2) is 54.7 Å². The molecular formula is C37H39F3N4O6S. The zero-order valence-corrected chi connectivity index (χ0v) is 29.2. The van der Waals surface area contributed by atoms with E-state index in [2.05, 4.69) is 15.1 Å². The van der Waals surface area contributed by atoms with E-state index in [9.17, 15) is 18.3 Å². The molecule has 2 N–H and O–H groups in total. The molecule has 270 valence electrons. The predicted molar refractivity (Wildman–Crippen MR) is 185 cm³/mol. The maximum atomic E-state index is 15.8. The smallest absolute Gasteiger partial charge is 0.306 e. The number of nitrogens with one attached hydrogen (secondary N) is 1. The van der Waals surface area contributed by atoms with Crippen molar-refractivity contribution in [2.75, 3.05) is 24.7 Å². The fraction of sp³-hybridized carbons (Fsp3) is 0.378. The summed E-state index contributed by atoms with van der Waals surface area (Å²) in [6.07, 6.45) is 1.20. The number of H-pyrrole nitrogens is 1. The van der Waals surface area contributed by atoms with E-state index in [-0.39, 0.29) is 64.4 Å². The largest absolute Gasteiger partial charge is 0.481 e. The summed E-state index contributed by atoms with van der Waals surface area (Å²) in [5.74, 6) is -7.31. The molecule has 51 heavy (non-hydrogen) atoms. The van der Waals surface area contributed by atoms with Crippen molar-refractivity contribution in [1.82, 2.24) is 19.7 Å². The number of rotatable bonds is 4. The van der Waals surface area contributed by atoms with Crippen molar-refractivity contribution in [2.24, 2.45) is 18.4 Å². The molecule has 10 nitrogen and oxygen atoms in total. The highest BCUT2D eigenvalue weighted by Crippen LogP contribution is 2.40. The third-order valence-corrected chi connectivity index (χ3v) is 11.0. The van der Waals surface area contributed by atoms with Crippen molar-refractivity contribution in [2.45, 2.75) is 45.9 Å². The lowest BCUT2D eigenvalue weighted by Gasteiger charge is -2.31. The molecule has 0 spiro atoms. The SMILES string of the molecule is [2H]C([2H])([2H])C1(c2cccc(CC(C)C(=O)O)c2)COCC(C)(C)CS(=O)(=O)CCc2c(c(F)c(F)c3[nH]ccc23)Oc2ccc(F)c(c2)-c2nc1nn2C. The molecule has 1 aliphatic rings. The van der Waals surface area contributed by atoms with Crippen molar-refractivity contribution < 1.29 is 45.1 Å². The minimum Gasteiger partial charge on any atom is -0.481 e. The molecule has 6 rings (SSSR count). The van der Waals surface area contributed by atoms with Gasteiger partial charge in [-0.15, -0.1) is 0 Å². The monoisotopic (exact) mass is 727 g/mol. The Hall–Kier alpha value is -4.69. The van der Waals surface area contributed by atoms with Gasteiger partial charge in [0, 0.05) is 33.7 Å². The van der Waals surface area contributed by atoms with Crippen LogP contribution in [-0.4, -0.2) is 64.0 Å². The number of sulfone groups is 1. The average molecular weight is 728 g/mol. The first-order chi connectivity index (χ1) is 25.2. The van der Waals surface area contributed by atoms with Gasteiger partial charge >= 0.3 is 5.97 Å². The average Bonchev–Trinajstić information content (AvgIpc) is 3.72. The van der Waals surface area contributed by atoms with Crippen LogP contribution in [0.25, 0.3) is 22.3 Å². The molecule has 2 unspecified atom stereocenters. The van der Waals surface area contributed by atoms with Gasteiger partial charge in [0.2, 0.25) is 5.82 Å². The van der Waals surface area contributed by atoms with Crippen LogP contribution in [0.4, 0.5) is 13.2 Å². The molecule has 0 amide bonds. The Morgan fingerprint density at radius 3 is 2.67 bits per heavy atom. The van der Waals surface area contributed by atoms with Gasteiger partial charge < -0.3 is 19.6 Å². The van der Waals surface area contributed by atoms with Crippen molar-refractivity contribution >= 4 is 26.7 Å². The second-order valence-electron chi connectivity index (χ2n) is 13.9. The number of nitrogens with zero attached hydrogens (tertiary/aromatic N) is 3. The summed E-state index contributed by atoms with van der Waals surface area (Å²) in [5, 5.41) is 14.2. The lowest BCUT2D eigenvalue weighted by atomic mass is 9.81. The van der Waals surface area contributed by atoms with Gasteiger partial charge in [-0.2, -0.15) is 9.49 Å². The highest BCUT2D eigenvalue weighted by molar-refractivity contribution is 7.91. The molecule has 0 fully saturated rings. The first-order valence-corrected chi connectivity index (χ1v) is 18.0. The number of hydrogen-bond acceptors (Lipinski definition) is 7. The molecule has 0 saturated carbocycles. The van der Waals surface area contributed by atoms with E-state index in [0.29, 0.717) is 5.56 Å². The minimum atomic E-state index is -3.92. The zero-order chi connectivity index (χ0) is 39.4. The van der Waals surface area contributed by atoms with E-state index in [1.807, 2.05) is 0 Å². The quantitative estimate of drug-likeness (QED) is 0.208. The molecular weight excluding hydrogens is 685 g/mol. The molecule has 2 atom stereocenters. The number of aromatic nitrogens is 4. The van der Waals surface area contributed by atoms with E-state index in [1.54, 1.807) is 32.0 Å². The van der Waals surface area contributed by atoms with Gasteiger partial charge in [-0.1, -0.05) is 45.0 Å². The highest BCUT2D eigenvalue weighted by Gasteiger charge is 2.37. The predicted octanol–water partition coefficient (Wildman–Crippen LogP) is 6.76. The number of aryl methyl sites for hydroxylation is 2. The maximum absolute atomic E-state index is 15.8. The summed E-state index contributed by atoms with van der Waals surface area (Å²) in [4.78, 5) is 18.9. The number of aliphatic carboxylic acids is 1. The highest BCUT2D eigenvalue weighted by atomic mass is 32.2. The molecule has 5 aromatic rings. The van der Waals surface area contributed by atoms with Crippen LogP contribution < -0.4 is 4.74 Å². The molecule has 0 aliphatic carbocycles. The number of carboxylic acid groups (broad SMARTS) is 1. The summed E-state index contributed by atoms with van der Waals surface area (Å²) in [5.41, 5.74) is -2.83. The zero-order valence-electron chi connectivity index (χ0n) is 31.4. The Morgan fingerprint density at radius 1 is 1.14 bits per heavy atom. The van der Waals surface area contributed by atoms with Crippen molar-refractivity contribution in [1.29, 1.82) is 0 Å². The van der Waals surface area contributed by atoms with Crippen molar-refractivity contribution in [3.63, 3.8) is 0 Å². The number of hydrogen-bond donors (Lipinski definition) is 2. The first kappa shape index (κ1) is 32.2. The third-order valence-electron chi connectivity index (χ3n) is 8.97. The van der Waals surface area contributed by atoms with Gasteiger partial charge in [-0.3, -0.25) is 4.79 Å². The number of benzene rings is 3. The van der Waals surface area contributed by atoms with Crippen LogP contribution in [0.2, 0.25) is 0 Å². The van der Waals surface area contributed by atoms with Crippen LogP contribution in [0.5, 0.6) is 11.5 Å². The van der Waals surface area contributed by atoms with Crippen LogP contribution in [0.1, 0.15) is 54.3 Å². The fourth-order valence-electron chi connectivity index (χ4n) is 6.41. The Labute approximate surface area is 297 Å². The van der Waals surface area contributed by atoms with Gasteiger partial charge in [0.15, 0.2) is 33.1 Å². The molecule has 2 aromatic heterocycles. The van der Waals surface area contributed by atoms with Gasteiger partial charge in [-0.05, 0) is 55.1 Å². The van der Waals surface area contributed by atoms with Gasteiger partial charge in [0.25, 0.3) is 0 Å². The second-order valence-corrected chi connectivity index (χ2v) is 16.1. The number of ether oxygens (including phenoxy) is 2. The van der Waals surface area contributed by atoms with Crippen LogP contribution in [0, 0.1) is 28.8 Å². The Kier molecular flexibility index (Phi) is 8.50. The Balaban J connectivity index is 1.58. The van der Waals surface area contributed by atoms with E-state index < -0.39 is 80.7 Å². The minimum absolute atomic E-state index is 0.0775. The number of carboxylic acids is 1. The number of fused-ring (bicyclic) bond motifs is 8. The van der Waals surface area contributed by atoms with E-state index in [1.165, 1.54) is 49.1 Å². The Bertz CT molecular complexity index is 2360. The molecule has 0 radical (unpaired) electrons. The van der Waals surface area contributed by atoms with Crippen LogP contribution in [-0.2, 0) is 44.7 Å². The lowest BCUT2D eigenvalue weighted by molar-refractivity contribution is -0.141. The maximum Gasteiger partial charge on any atom is 0.306 e. The molecule has 14 heteroatoms. The molecule has 4 bridgehead atoms. The summed E-state index contributed by atoms with van der Waals surface area (Å²) < 4.78 is 114. The van der Waals surface area contributed by atoms with Gasteiger partial charge in [0.1, 0.15) is 11.6 Å². The fourth-order valence-corrected chi connectivity index (χ4v) is 8.34. The third kappa shape index (κ3) is 7.24. The molecule has 0 saturated heterocycles. The van der Waals surface area contributed by atoms with Crippen LogP contribution in [0.3, 0.4) is 0 Å². The van der Waals surface area contributed by atoms with Crippen molar-refractivity contribution in [3.8, 4) is 22.9 Å². The Morgan fingerprint density at radius 2 is 1.92 bits per heavy atom. The molecule has 1 aliphatic heterocycles. The number of carbonyl (C=O) groups is 1. The van der Waals surface area contributed by atoms with E-state index in [4.69, 9.17) is 13.6 Å². The standard InChI is InChI=1S/C37H39F3N4O6S/c1-21(34(45)46)15-22-7-6-8-23(16-22)37(4)19-49-18-36(2,3)20-51(47,48)14-12-26-25-11-13-41-31(25)29(39)30(40)32(26)50-24-9-10-28(38)27(17-24)33-42-35(37)43-44(33)5/h6-11,13,16-17,21,41H,12,14-15,18-20H2,1-5H3,(H,45,46)/i4D3. The normalized spacial score (nSPS) is 20.9. The van der Waals surface area contributed by atoms with Crippen LogP contribution >= 0.6 is 0 Å². The van der Waals surface area contributed by atoms with Crippen molar-refractivity contribution in [3.05, 3.63) is 94.7 Å². The topological polar surface area (TPSA) is 136 Å².